The van der Waals surface area contributed by atoms with Crippen LogP contribution in [0.2, 0.25) is 0 Å². The molecule has 0 radical (unpaired) electrons. The molecule has 7 heteroatoms. The van der Waals surface area contributed by atoms with E-state index in [2.05, 4.69) is 24.1 Å². The fraction of sp³-hybridized carbons (Fsp3) is 0.909. The Kier molecular flexibility index (Phi) is 11.0. The molecule has 0 unspecified atom stereocenters. The highest BCUT2D eigenvalue weighted by Crippen LogP contribution is 2.17. The van der Waals surface area contributed by atoms with E-state index in [0.29, 0.717) is 19.5 Å². The molecule has 0 aromatic heterocycles. The molecule has 18 heavy (non-hydrogen) atoms. The number of nitrogens with one attached hydrogen (secondary N) is 1. The van der Waals surface area contributed by atoms with E-state index in [1.54, 1.807) is 0 Å². The lowest BCUT2D eigenvalue weighted by Gasteiger charge is -2.42. The second-order valence-electron chi connectivity index (χ2n) is 4.74. The van der Waals surface area contributed by atoms with Gasteiger partial charge in [0.05, 0.1) is 13.2 Å². The summed E-state index contributed by atoms with van der Waals surface area (Å²) >= 11 is 0. The third-order valence-corrected chi connectivity index (χ3v) is 2.89. The fourth-order valence-electron chi connectivity index (χ4n) is 1.85. The van der Waals surface area contributed by atoms with Gasteiger partial charge in [0, 0.05) is 38.1 Å². The second kappa shape index (κ2) is 9.81. The van der Waals surface area contributed by atoms with Crippen LogP contribution < -0.4 is 11.1 Å². The zero-order valence-electron chi connectivity index (χ0n) is 11.1. The summed E-state index contributed by atoms with van der Waals surface area (Å²) in [5, 5.41) is 2.87. The van der Waals surface area contributed by atoms with E-state index >= 15 is 0 Å². The number of nitrogens with two attached hydrogens (primary N) is 1. The van der Waals surface area contributed by atoms with Gasteiger partial charge in [0.1, 0.15) is 0 Å². The average Bonchev–Trinajstić information content (AvgIpc) is 2.21. The fourth-order valence-corrected chi connectivity index (χ4v) is 1.85. The summed E-state index contributed by atoms with van der Waals surface area (Å²) < 4.78 is 5.44. The maximum absolute atomic E-state index is 11.2. The Bertz CT molecular complexity index is 240. The molecule has 1 amide bonds. The Hall–Kier alpha value is -0.0700. The van der Waals surface area contributed by atoms with Crippen LogP contribution in [0.4, 0.5) is 0 Å². The summed E-state index contributed by atoms with van der Waals surface area (Å²) in [6.45, 7) is 8.75. The van der Waals surface area contributed by atoms with Crippen molar-refractivity contribution in [2.45, 2.75) is 25.8 Å². The molecule has 0 spiro atoms. The van der Waals surface area contributed by atoms with E-state index in [0.717, 1.165) is 26.3 Å². The highest BCUT2D eigenvalue weighted by atomic mass is 35.5. The van der Waals surface area contributed by atoms with Crippen molar-refractivity contribution in [3.05, 3.63) is 0 Å². The van der Waals surface area contributed by atoms with Crippen LogP contribution in [-0.2, 0) is 9.53 Å². The number of carbonyl (C=O) groups excluding carboxylic acids is 1. The van der Waals surface area contributed by atoms with E-state index in [4.69, 9.17) is 10.5 Å². The van der Waals surface area contributed by atoms with E-state index in [-0.39, 0.29) is 36.3 Å². The number of hydrogen-bond donors (Lipinski definition) is 2. The molecule has 1 saturated heterocycles. The minimum atomic E-state index is 0. The molecule has 5 nitrogen and oxygen atoms in total. The molecule has 0 saturated carbocycles. The zero-order chi connectivity index (χ0) is 12.0. The lowest BCUT2D eigenvalue weighted by Crippen LogP contribution is -2.54. The third-order valence-electron chi connectivity index (χ3n) is 2.89. The number of halogens is 2. The molecule has 1 rings (SSSR count). The first-order valence-corrected chi connectivity index (χ1v) is 5.86. The van der Waals surface area contributed by atoms with Crippen LogP contribution in [0.15, 0.2) is 0 Å². The topological polar surface area (TPSA) is 67.6 Å². The normalized spacial score (nSPS) is 18.4. The van der Waals surface area contributed by atoms with Gasteiger partial charge < -0.3 is 15.8 Å². The quantitative estimate of drug-likeness (QED) is 0.772. The molecule has 0 bridgehead atoms. The summed E-state index contributed by atoms with van der Waals surface area (Å²) in [6.07, 6.45) is 0.409. The Morgan fingerprint density at radius 2 is 2.11 bits per heavy atom. The van der Waals surface area contributed by atoms with Crippen LogP contribution in [-0.4, -0.2) is 55.7 Å². The highest BCUT2D eigenvalue weighted by molar-refractivity contribution is 5.85. The van der Waals surface area contributed by atoms with Crippen LogP contribution in [0, 0.1) is 0 Å². The van der Waals surface area contributed by atoms with Crippen molar-refractivity contribution in [2.75, 3.05) is 39.4 Å². The predicted molar refractivity (Wildman–Crippen MR) is 77.6 cm³/mol. The lowest BCUT2D eigenvalue weighted by atomic mass is 10.0. The minimum absolute atomic E-state index is 0. The Morgan fingerprint density at radius 1 is 1.44 bits per heavy atom. The number of morpholine rings is 1. The summed E-state index contributed by atoms with van der Waals surface area (Å²) in [6, 6.07) is 0. The highest BCUT2D eigenvalue weighted by Gasteiger charge is 2.29. The Balaban J connectivity index is 0. The van der Waals surface area contributed by atoms with Gasteiger partial charge in [-0.25, -0.2) is 0 Å². The van der Waals surface area contributed by atoms with Crippen molar-refractivity contribution in [2.24, 2.45) is 5.73 Å². The van der Waals surface area contributed by atoms with E-state index in [1.165, 1.54) is 0 Å². The van der Waals surface area contributed by atoms with Crippen molar-refractivity contribution in [3.8, 4) is 0 Å². The molecule has 1 fully saturated rings. The molecular formula is C11H25Cl2N3O2. The molecule has 1 aliphatic rings. The van der Waals surface area contributed by atoms with Gasteiger partial charge in [0.25, 0.3) is 0 Å². The van der Waals surface area contributed by atoms with Crippen LogP contribution in [0.3, 0.4) is 0 Å². The van der Waals surface area contributed by atoms with Gasteiger partial charge in [-0.1, -0.05) is 0 Å². The Morgan fingerprint density at radius 3 is 2.67 bits per heavy atom. The van der Waals surface area contributed by atoms with E-state index < -0.39 is 0 Å². The van der Waals surface area contributed by atoms with Crippen LogP contribution in [0.1, 0.15) is 20.3 Å². The SMILES string of the molecule is CC1(C)COCCN1CCNC(=O)CCN.Cl.Cl. The summed E-state index contributed by atoms with van der Waals surface area (Å²) in [5.74, 6) is 0.0357. The van der Waals surface area contributed by atoms with Crippen LogP contribution in [0.25, 0.3) is 0 Å². The first-order chi connectivity index (χ1) is 7.56. The number of nitrogens with zero attached hydrogens (tertiary/aromatic N) is 1. The first-order valence-electron chi connectivity index (χ1n) is 5.86. The average molecular weight is 302 g/mol. The number of carbonyl (C=O) groups is 1. The van der Waals surface area contributed by atoms with Crippen molar-refractivity contribution in [1.82, 2.24) is 10.2 Å². The van der Waals surface area contributed by atoms with Gasteiger partial charge >= 0.3 is 0 Å². The molecular weight excluding hydrogens is 277 g/mol. The monoisotopic (exact) mass is 301 g/mol. The van der Waals surface area contributed by atoms with Gasteiger partial charge in [-0.05, 0) is 13.8 Å². The predicted octanol–water partition coefficient (Wildman–Crippen LogP) is 0.406. The van der Waals surface area contributed by atoms with Crippen LogP contribution in [0.5, 0.6) is 0 Å². The lowest BCUT2D eigenvalue weighted by molar-refractivity contribution is -0.121. The number of ether oxygens (including phenoxy) is 1. The van der Waals surface area contributed by atoms with Gasteiger partial charge in [0.2, 0.25) is 5.91 Å². The first kappa shape index (κ1) is 20.3. The Labute approximate surface area is 122 Å². The molecule has 0 aromatic rings. The van der Waals surface area contributed by atoms with Gasteiger partial charge in [-0.15, -0.1) is 24.8 Å². The summed E-state index contributed by atoms with van der Waals surface area (Å²) in [4.78, 5) is 13.6. The second-order valence-corrected chi connectivity index (χ2v) is 4.74. The molecule has 0 aromatic carbocycles. The minimum Gasteiger partial charge on any atom is -0.378 e. The van der Waals surface area contributed by atoms with Crippen molar-refractivity contribution in [3.63, 3.8) is 0 Å². The standard InChI is InChI=1S/C11H23N3O2.2ClH/c1-11(2)9-16-8-7-14(11)6-5-13-10(15)3-4-12;;/h3-9,12H2,1-2H3,(H,13,15);2*1H. The molecule has 110 valence electrons. The van der Waals surface area contributed by atoms with E-state index in [1.807, 2.05) is 0 Å². The smallest absolute Gasteiger partial charge is 0.221 e. The number of hydrogen-bond acceptors (Lipinski definition) is 4. The largest absolute Gasteiger partial charge is 0.378 e. The molecule has 0 aliphatic carbocycles. The van der Waals surface area contributed by atoms with Gasteiger partial charge in [-0.2, -0.15) is 0 Å². The number of amides is 1. The molecule has 3 N–H and O–H groups in total. The summed E-state index contributed by atoms with van der Waals surface area (Å²) in [5.41, 5.74) is 5.37. The zero-order valence-corrected chi connectivity index (χ0v) is 12.7. The van der Waals surface area contributed by atoms with Crippen molar-refractivity contribution >= 4 is 30.7 Å². The third kappa shape index (κ3) is 6.75. The molecule has 1 heterocycles. The maximum Gasteiger partial charge on any atom is 0.221 e. The maximum atomic E-state index is 11.2. The molecule has 1 aliphatic heterocycles. The van der Waals surface area contributed by atoms with E-state index in [9.17, 15) is 4.79 Å². The molecule has 0 atom stereocenters. The summed E-state index contributed by atoms with van der Waals surface area (Å²) in [7, 11) is 0. The van der Waals surface area contributed by atoms with Crippen LogP contribution >= 0.6 is 24.8 Å². The van der Waals surface area contributed by atoms with Crippen molar-refractivity contribution in [1.29, 1.82) is 0 Å². The van der Waals surface area contributed by atoms with Gasteiger partial charge in [0.15, 0.2) is 0 Å². The number of rotatable bonds is 5. The van der Waals surface area contributed by atoms with Crippen molar-refractivity contribution < 1.29 is 9.53 Å². The van der Waals surface area contributed by atoms with Gasteiger partial charge in [-0.3, -0.25) is 9.69 Å².